The molecule has 0 radical (unpaired) electrons. The van der Waals surface area contributed by atoms with Crippen molar-refractivity contribution in [1.82, 2.24) is 9.88 Å². The van der Waals surface area contributed by atoms with Gasteiger partial charge in [-0.25, -0.2) is 4.98 Å². The van der Waals surface area contributed by atoms with Gasteiger partial charge in [0.1, 0.15) is 0 Å². The summed E-state index contributed by atoms with van der Waals surface area (Å²) in [4.78, 5) is 19.5. The number of amides is 1. The molecule has 23 heavy (non-hydrogen) atoms. The average Bonchev–Trinajstić information content (AvgIpc) is 2.79. The fourth-order valence-electron chi connectivity index (χ4n) is 2.81. The van der Waals surface area contributed by atoms with Crippen molar-refractivity contribution in [1.29, 1.82) is 0 Å². The highest BCUT2D eigenvalue weighted by molar-refractivity contribution is 7.15. The Labute approximate surface area is 139 Å². The maximum Gasteiger partial charge on any atom is 0.249 e. The molecule has 3 rings (SSSR count). The zero-order valence-corrected chi connectivity index (χ0v) is 13.7. The molecule has 0 bridgehead atoms. The second kappa shape index (κ2) is 6.93. The molecular formula is C17H20N4OS. The van der Waals surface area contributed by atoms with Crippen LogP contribution in [-0.2, 0) is 12.8 Å². The smallest absolute Gasteiger partial charge is 0.249 e. The van der Waals surface area contributed by atoms with Crippen LogP contribution in [0.4, 0.5) is 5.13 Å². The lowest BCUT2D eigenvalue weighted by atomic mass is 10.1. The first-order valence-electron chi connectivity index (χ1n) is 7.65. The molecule has 2 heterocycles. The summed E-state index contributed by atoms with van der Waals surface area (Å²) in [5.74, 6) is -0.395. The number of nitrogens with two attached hydrogens (primary N) is 2. The summed E-state index contributed by atoms with van der Waals surface area (Å²) in [6, 6.07) is 7.39. The number of benzene rings is 1. The summed E-state index contributed by atoms with van der Waals surface area (Å²) in [5, 5.41) is 0.673. The van der Waals surface area contributed by atoms with E-state index in [1.165, 1.54) is 4.88 Å². The number of anilines is 1. The van der Waals surface area contributed by atoms with Gasteiger partial charge in [0.15, 0.2) is 5.13 Å². The van der Waals surface area contributed by atoms with Crippen molar-refractivity contribution in [3.05, 3.63) is 52.0 Å². The maximum atomic E-state index is 11.4. The van der Waals surface area contributed by atoms with Crippen LogP contribution >= 0.6 is 11.3 Å². The molecule has 1 aliphatic heterocycles. The number of thiazole rings is 1. The van der Waals surface area contributed by atoms with Crippen LogP contribution in [0.25, 0.3) is 6.08 Å². The lowest BCUT2D eigenvalue weighted by Crippen LogP contribution is -2.26. The molecule has 0 aliphatic carbocycles. The monoisotopic (exact) mass is 328 g/mol. The van der Waals surface area contributed by atoms with E-state index in [0.29, 0.717) is 10.7 Å². The summed E-state index contributed by atoms with van der Waals surface area (Å²) < 4.78 is 0. The van der Waals surface area contributed by atoms with Crippen LogP contribution in [-0.4, -0.2) is 35.4 Å². The third-order valence-corrected chi connectivity index (χ3v) is 4.99. The quantitative estimate of drug-likeness (QED) is 0.898. The Morgan fingerprint density at radius 1 is 1.30 bits per heavy atom. The molecule has 0 unspecified atom stereocenters. The van der Waals surface area contributed by atoms with Crippen molar-refractivity contribution in [2.24, 2.45) is 5.73 Å². The van der Waals surface area contributed by atoms with Gasteiger partial charge in [0.05, 0.1) is 5.69 Å². The number of hydrogen-bond donors (Lipinski definition) is 2. The average molecular weight is 328 g/mol. The van der Waals surface area contributed by atoms with E-state index in [1.54, 1.807) is 17.4 Å². The molecule has 1 aromatic heterocycles. The van der Waals surface area contributed by atoms with Gasteiger partial charge >= 0.3 is 0 Å². The number of fused-ring (bicyclic) bond motifs is 1. The van der Waals surface area contributed by atoms with Crippen LogP contribution in [0, 0.1) is 0 Å². The highest BCUT2D eigenvalue weighted by atomic mass is 32.1. The molecule has 1 amide bonds. The Balaban J connectivity index is 1.61. The summed E-state index contributed by atoms with van der Waals surface area (Å²) in [5.41, 5.74) is 13.7. The van der Waals surface area contributed by atoms with Gasteiger partial charge in [0.2, 0.25) is 5.91 Å². The van der Waals surface area contributed by atoms with Gasteiger partial charge in [-0.3, -0.25) is 9.69 Å². The molecule has 0 atom stereocenters. The minimum Gasteiger partial charge on any atom is -0.375 e. The summed E-state index contributed by atoms with van der Waals surface area (Å²) in [6.45, 7) is 2.81. The number of hydrogen-bond acceptors (Lipinski definition) is 5. The summed E-state index contributed by atoms with van der Waals surface area (Å²) >= 11 is 1.60. The van der Waals surface area contributed by atoms with E-state index < -0.39 is 5.91 Å². The Morgan fingerprint density at radius 3 is 2.91 bits per heavy atom. The van der Waals surface area contributed by atoms with Crippen LogP contribution in [0.2, 0.25) is 0 Å². The molecular weight excluding hydrogens is 308 g/mol. The number of rotatable bonds is 4. The fourth-order valence-corrected chi connectivity index (χ4v) is 3.67. The normalized spacial score (nSPS) is 15.5. The van der Waals surface area contributed by atoms with Gasteiger partial charge in [0.25, 0.3) is 0 Å². The van der Waals surface area contributed by atoms with Gasteiger partial charge in [-0.05, 0) is 18.1 Å². The minimum absolute atomic E-state index is 0.395. The van der Waals surface area contributed by atoms with Gasteiger partial charge in [-0.15, -0.1) is 11.3 Å². The first-order chi connectivity index (χ1) is 11.1. The van der Waals surface area contributed by atoms with Crippen molar-refractivity contribution in [3.8, 4) is 0 Å². The second-order valence-electron chi connectivity index (χ2n) is 5.58. The zero-order chi connectivity index (χ0) is 16.2. The molecule has 0 fully saturated rings. The standard InChI is InChI=1S/C17H20N4OS/c18-16(22)13-6-2-1-4-12(13)5-3-9-21-10-7-14-15(8-11-21)23-17(19)20-14/h1-6H,7-11H2,(H2,18,22)(H2,19,20)/b5-3+. The molecule has 0 saturated carbocycles. The van der Waals surface area contributed by atoms with E-state index in [2.05, 4.69) is 16.0 Å². The molecule has 1 aromatic carbocycles. The molecule has 5 nitrogen and oxygen atoms in total. The number of carbonyl (C=O) groups is 1. The topological polar surface area (TPSA) is 85.2 Å². The van der Waals surface area contributed by atoms with Crippen molar-refractivity contribution >= 4 is 28.5 Å². The van der Waals surface area contributed by atoms with Gasteiger partial charge in [0, 0.05) is 36.5 Å². The first-order valence-corrected chi connectivity index (χ1v) is 8.47. The Morgan fingerprint density at radius 2 is 2.09 bits per heavy atom. The molecule has 120 valence electrons. The SMILES string of the molecule is NC(=O)c1ccccc1/C=C/CN1CCc2nc(N)sc2CC1. The van der Waals surface area contributed by atoms with Crippen molar-refractivity contribution in [3.63, 3.8) is 0 Å². The lowest BCUT2D eigenvalue weighted by Gasteiger charge is -2.17. The van der Waals surface area contributed by atoms with E-state index in [0.717, 1.165) is 43.7 Å². The number of nitrogen functional groups attached to an aromatic ring is 1. The van der Waals surface area contributed by atoms with Crippen LogP contribution in [0.15, 0.2) is 30.3 Å². The van der Waals surface area contributed by atoms with Gasteiger partial charge < -0.3 is 11.5 Å². The third-order valence-electron chi connectivity index (χ3n) is 4.00. The van der Waals surface area contributed by atoms with Crippen LogP contribution < -0.4 is 11.5 Å². The predicted molar refractivity (Wildman–Crippen MR) is 94.4 cm³/mol. The van der Waals surface area contributed by atoms with E-state index in [1.807, 2.05) is 24.3 Å². The van der Waals surface area contributed by atoms with Gasteiger partial charge in [-0.1, -0.05) is 30.4 Å². The molecule has 1 aliphatic rings. The highest BCUT2D eigenvalue weighted by Gasteiger charge is 2.16. The third kappa shape index (κ3) is 3.78. The van der Waals surface area contributed by atoms with Crippen molar-refractivity contribution in [2.45, 2.75) is 12.8 Å². The molecule has 6 heteroatoms. The minimum atomic E-state index is -0.395. The van der Waals surface area contributed by atoms with Crippen molar-refractivity contribution in [2.75, 3.05) is 25.4 Å². The Kier molecular flexibility index (Phi) is 4.73. The second-order valence-corrected chi connectivity index (χ2v) is 6.69. The Bertz CT molecular complexity index is 712. The predicted octanol–water partition coefficient (Wildman–Crippen LogP) is 1.94. The lowest BCUT2D eigenvalue weighted by molar-refractivity contribution is 0.1000. The van der Waals surface area contributed by atoms with Crippen LogP contribution in [0.1, 0.15) is 26.5 Å². The summed E-state index contributed by atoms with van der Waals surface area (Å²) in [7, 11) is 0. The Hall–Kier alpha value is -2.18. The maximum absolute atomic E-state index is 11.4. The van der Waals surface area contributed by atoms with E-state index in [-0.39, 0.29) is 0 Å². The largest absolute Gasteiger partial charge is 0.375 e. The number of primary amides is 1. The number of nitrogens with zero attached hydrogens (tertiary/aromatic N) is 2. The fraction of sp³-hybridized carbons (Fsp3) is 0.294. The van der Waals surface area contributed by atoms with Crippen molar-refractivity contribution < 1.29 is 4.79 Å². The summed E-state index contributed by atoms with van der Waals surface area (Å²) in [6.07, 6.45) is 5.99. The van der Waals surface area contributed by atoms with Crippen LogP contribution in [0.5, 0.6) is 0 Å². The van der Waals surface area contributed by atoms with Gasteiger partial charge in [-0.2, -0.15) is 0 Å². The zero-order valence-electron chi connectivity index (χ0n) is 12.9. The van der Waals surface area contributed by atoms with Crippen LogP contribution in [0.3, 0.4) is 0 Å². The molecule has 0 saturated heterocycles. The number of carbonyl (C=O) groups excluding carboxylic acids is 1. The number of aromatic nitrogens is 1. The molecule has 4 N–H and O–H groups in total. The van der Waals surface area contributed by atoms with E-state index >= 15 is 0 Å². The molecule has 0 spiro atoms. The molecule has 2 aromatic rings. The highest BCUT2D eigenvalue weighted by Crippen LogP contribution is 2.24. The van der Waals surface area contributed by atoms with E-state index in [9.17, 15) is 4.79 Å². The first kappa shape index (κ1) is 15.7. The van der Waals surface area contributed by atoms with E-state index in [4.69, 9.17) is 11.5 Å².